The first kappa shape index (κ1) is 16.2. The molecular formula is C13H17BrClNO3S. The van der Waals surface area contributed by atoms with Gasteiger partial charge < -0.3 is 4.74 Å². The van der Waals surface area contributed by atoms with Gasteiger partial charge in [0.15, 0.2) is 0 Å². The molecule has 112 valence electrons. The van der Waals surface area contributed by atoms with E-state index in [4.69, 9.17) is 16.3 Å². The van der Waals surface area contributed by atoms with Crippen LogP contribution in [0.1, 0.15) is 18.9 Å². The summed E-state index contributed by atoms with van der Waals surface area (Å²) in [4.78, 5) is 0.274. The topological polar surface area (TPSA) is 46.6 Å². The fourth-order valence-corrected chi connectivity index (χ4v) is 5.04. The van der Waals surface area contributed by atoms with E-state index < -0.39 is 10.0 Å². The molecule has 2 rings (SSSR count). The zero-order valence-electron chi connectivity index (χ0n) is 11.2. The molecule has 0 radical (unpaired) electrons. The Kier molecular flexibility index (Phi) is 5.48. The second-order valence-corrected chi connectivity index (χ2v) is 7.63. The van der Waals surface area contributed by atoms with E-state index in [1.807, 2.05) is 13.0 Å². The van der Waals surface area contributed by atoms with Crippen LogP contribution < -0.4 is 0 Å². The quantitative estimate of drug-likeness (QED) is 0.752. The van der Waals surface area contributed by atoms with Crippen molar-refractivity contribution in [2.75, 3.05) is 19.8 Å². The highest BCUT2D eigenvalue weighted by molar-refractivity contribution is 9.10. The lowest BCUT2D eigenvalue weighted by atomic mass is 10.2. The minimum absolute atomic E-state index is 0.111. The van der Waals surface area contributed by atoms with E-state index in [1.54, 1.807) is 12.1 Å². The van der Waals surface area contributed by atoms with Crippen LogP contribution in [-0.2, 0) is 20.6 Å². The zero-order valence-corrected chi connectivity index (χ0v) is 14.3. The lowest BCUT2D eigenvalue weighted by Gasteiger charge is -2.34. The summed E-state index contributed by atoms with van der Waals surface area (Å²) in [5.41, 5.74) is 0.787. The number of benzene rings is 1. The first-order valence-corrected chi connectivity index (χ1v) is 9.21. The Balaban J connectivity index is 2.43. The van der Waals surface area contributed by atoms with E-state index in [9.17, 15) is 8.42 Å². The Bertz CT molecular complexity index is 579. The number of halogens is 2. The molecule has 7 heteroatoms. The lowest BCUT2D eigenvalue weighted by Crippen LogP contribution is -2.48. The summed E-state index contributed by atoms with van der Waals surface area (Å²) < 4.78 is 33.2. The van der Waals surface area contributed by atoms with Crippen LogP contribution in [0, 0.1) is 0 Å². The minimum atomic E-state index is -3.54. The number of hydrogen-bond donors (Lipinski definition) is 0. The molecule has 1 aromatic rings. The van der Waals surface area contributed by atoms with Gasteiger partial charge in [-0.15, -0.1) is 11.6 Å². The van der Waals surface area contributed by atoms with Gasteiger partial charge >= 0.3 is 0 Å². The van der Waals surface area contributed by atoms with Crippen molar-refractivity contribution in [1.82, 2.24) is 4.31 Å². The van der Waals surface area contributed by atoms with Crippen LogP contribution in [-0.4, -0.2) is 38.5 Å². The molecule has 0 bridgehead atoms. The monoisotopic (exact) mass is 381 g/mol. The molecule has 1 atom stereocenters. The standard InChI is InChI=1S/C13H17BrClNO3S/c1-2-11-9-19-6-5-16(11)20(17,18)13-7-10(8-15)3-4-12(13)14/h3-4,7,11H,2,5-6,8-9H2,1H3. The Morgan fingerprint density at radius 2 is 2.25 bits per heavy atom. The number of nitrogens with zero attached hydrogens (tertiary/aromatic N) is 1. The van der Waals surface area contributed by atoms with Gasteiger partial charge in [0.1, 0.15) is 0 Å². The molecule has 1 unspecified atom stereocenters. The smallest absolute Gasteiger partial charge is 0.244 e. The number of rotatable bonds is 4. The Morgan fingerprint density at radius 3 is 2.90 bits per heavy atom. The maximum Gasteiger partial charge on any atom is 0.244 e. The molecule has 1 fully saturated rings. The molecular weight excluding hydrogens is 366 g/mol. The number of sulfonamides is 1. The minimum Gasteiger partial charge on any atom is -0.378 e. The van der Waals surface area contributed by atoms with Crippen molar-refractivity contribution in [2.45, 2.75) is 30.2 Å². The summed E-state index contributed by atoms with van der Waals surface area (Å²) in [5.74, 6) is 0.288. The maximum absolute atomic E-state index is 12.8. The van der Waals surface area contributed by atoms with Crippen molar-refractivity contribution < 1.29 is 13.2 Å². The van der Waals surface area contributed by atoms with Crippen molar-refractivity contribution >= 4 is 37.6 Å². The molecule has 0 spiro atoms. The molecule has 0 amide bonds. The zero-order chi connectivity index (χ0) is 14.8. The highest BCUT2D eigenvalue weighted by Crippen LogP contribution is 2.29. The molecule has 1 aliphatic rings. The van der Waals surface area contributed by atoms with Crippen LogP contribution in [0.15, 0.2) is 27.6 Å². The molecule has 1 heterocycles. The van der Waals surface area contributed by atoms with E-state index in [-0.39, 0.29) is 16.8 Å². The van der Waals surface area contributed by atoms with Crippen molar-refractivity contribution in [1.29, 1.82) is 0 Å². The molecule has 20 heavy (non-hydrogen) atoms. The maximum atomic E-state index is 12.8. The van der Waals surface area contributed by atoms with E-state index in [1.165, 1.54) is 4.31 Å². The van der Waals surface area contributed by atoms with E-state index in [0.29, 0.717) is 24.2 Å². The fraction of sp³-hybridized carbons (Fsp3) is 0.538. The van der Waals surface area contributed by atoms with Gasteiger partial charge in [-0.3, -0.25) is 0 Å². The van der Waals surface area contributed by atoms with Crippen LogP contribution in [0.3, 0.4) is 0 Å². The van der Waals surface area contributed by atoms with E-state index in [2.05, 4.69) is 15.9 Å². The first-order valence-electron chi connectivity index (χ1n) is 6.44. The van der Waals surface area contributed by atoms with Gasteiger partial charge in [-0.1, -0.05) is 13.0 Å². The summed E-state index contributed by atoms with van der Waals surface area (Å²) in [6.07, 6.45) is 0.728. The normalized spacial score (nSPS) is 21.1. The molecule has 0 N–H and O–H groups in total. The van der Waals surface area contributed by atoms with Gasteiger partial charge in [0.25, 0.3) is 0 Å². The van der Waals surface area contributed by atoms with Crippen LogP contribution in [0.25, 0.3) is 0 Å². The molecule has 0 saturated carbocycles. The molecule has 0 aromatic heterocycles. The number of alkyl halides is 1. The van der Waals surface area contributed by atoms with Gasteiger partial charge in [0.05, 0.1) is 18.1 Å². The fourth-order valence-electron chi connectivity index (χ4n) is 2.23. The number of ether oxygens (including phenoxy) is 1. The number of morpholine rings is 1. The first-order chi connectivity index (χ1) is 9.50. The average Bonchev–Trinajstić information content (AvgIpc) is 2.47. The summed E-state index contributed by atoms with van der Waals surface area (Å²) in [6.45, 7) is 3.23. The van der Waals surface area contributed by atoms with Crippen LogP contribution >= 0.6 is 27.5 Å². The van der Waals surface area contributed by atoms with E-state index in [0.717, 1.165) is 12.0 Å². The molecule has 1 aromatic carbocycles. The molecule has 1 saturated heterocycles. The number of hydrogen-bond acceptors (Lipinski definition) is 3. The van der Waals surface area contributed by atoms with Crippen molar-refractivity contribution in [3.63, 3.8) is 0 Å². The van der Waals surface area contributed by atoms with Crippen molar-refractivity contribution in [2.24, 2.45) is 0 Å². The Morgan fingerprint density at radius 1 is 1.50 bits per heavy atom. The lowest BCUT2D eigenvalue weighted by molar-refractivity contribution is 0.0314. The van der Waals surface area contributed by atoms with Crippen LogP contribution in [0.4, 0.5) is 0 Å². The van der Waals surface area contributed by atoms with Crippen LogP contribution in [0.2, 0.25) is 0 Å². The molecule has 0 aliphatic carbocycles. The van der Waals surface area contributed by atoms with Gasteiger partial charge in [0.2, 0.25) is 10.0 Å². The van der Waals surface area contributed by atoms with Crippen molar-refractivity contribution in [3.8, 4) is 0 Å². The largest absolute Gasteiger partial charge is 0.378 e. The molecule has 4 nitrogen and oxygen atoms in total. The predicted molar refractivity (Wildman–Crippen MR) is 82.5 cm³/mol. The SMILES string of the molecule is CCC1COCCN1S(=O)(=O)c1cc(CCl)ccc1Br. The van der Waals surface area contributed by atoms with Crippen LogP contribution in [0.5, 0.6) is 0 Å². The third-order valence-electron chi connectivity index (χ3n) is 3.38. The van der Waals surface area contributed by atoms with Gasteiger partial charge in [0, 0.05) is 22.9 Å². The van der Waals surface area contributed by atoms with Gasteiger partial charge in [-0.25, -0.2) is 8.42 Å². The third kappa shape index (κ3) is 3.20. The second kappa shape index (κ2) is 6.75. The summed E-state index contributed by atoms with van der Waals surface area (Å²) in [7, 11) is -3.54. The average molecular weight is 383 g/mol. The van der Waals surface area contributed by atoms with Crippen molar-refractivity contribution in [3.05, 3.63) is 28.2 Å². The predicted octanol–water partition coefficient (Wildman–Crippen LogP) is 2.99. The summed E-state index contributed by atoms with van der Waals surface area (Å²) in [6, 6.07) is 5.06. The van der Waals surface area contributed by atoms with Gasteiger partial charge in [-0.05, 0) is 40.0 Å². The highest BCUT2D eigenvalue weighted by Gasteiger charge is 2.34. The molecule has 1 aliphatic heterocycles. The summed E-state index contributed by atoms with van der Waals surface area (Å²) in [5, 5.41) is 0. The Labute approximate surface area is 133 Å². The van der Waals surface area contributed by atoms with Gasteiger partial charge in [-0.2, -0.15) is 4.31 Å². The second-order valence-electron chi connectivity index (χ2n) is 4.65. The van der Waals surface area contributed by atoms with E-state index >= 15 is 0 Å². The third-order valence-corrected chi connectivity index (χ3v) is 6.64. The Hall–Kier alpha value is -0.140. The summed E-state index contributed by atoms with van der Waals surface area (Å²) >= 11 is 9.12. The highest BCUT2D eigenvalue weighted by atomic mass is 79.9.